The highest BCUT2D eigenvalue weighted by Crippen LogP contribution is 2.70. The minimum Gasteiger partial charge on any atom is -0.192 e. The van der Waals surface area contributed by atoms with Gasteiger partial charge >= 0.3 is 0 Å². The third-order valence-corrected chi connectivity index (χ3v) is 17.5. The summed E-state index contributed by atoms with van der Waals surface area (Å²) in [6, 6.07) is 2.40. The summed E-state index contributed by atoms with van der Waals surface area (Å²) in [6.45, 7) is 4.25. The molecule has 0 atom stereocenters. The van der Waals surface area contributed by atoms with E-state index in [4.69, 9.17) is 0 Å². The molecule has 0 radical (unpaired) electrons. The molecule has 0 saturated carbocycles. The van der Waals surface area contributed by atoms with Crippen molar-refractivity contribution < 1.29 is 0 Å². The predicted octanol–water partition coefficient (Wildman–Crippen LogP) is 9.84. The van der Waals surface area contributed by atoms with Gasteiger partial charge in [-0.05, 0) is 42.2 Å². The number of hydrogen-bond acceptors (Lipinski definition) is 11. The van der Waals surface area contributed by atoms with Crippen LogP contribution in [-0.2, 0) is 0 Å². The molecular weight excluding hydrogens is 539 g/mol. The first kappa shape index (κ1) is 22.6. The quantitative estimate of drug-likeness (QED) is 0.313. The highest BCUT2D eigenvalue weighted by Gasteiger charge is 2.34. The normalized spacial score (nSPS) is 22.1. The molecule has 4 rings (SSSR count). The van der Waals surface area contributed by atoms with E-state index in [1.165, 1.54) is 39.5 Å². The maximum atomic E-state index is 9.64. The minimum atomic E-state index is 0.788. The number of hydrogen-bond donors (Lipinski definition) is 0. The van der Waals surface area contributed by atoms with Crippen LogP contribution in [0, 0.1) is 11.3 Å². The van der Waals surface area contributed by atoms with E-state index in [1.54, 1.807) is 23.5 Å². The molecule has 0 fully saturated rings. The monoisotopic (exact) mass is 551 g/mol. The first-order chi connectivity index (χ1) is 13.5. The van der Waals surface area contributed by atoms with E-state index in [-0.39, 0.29) is 0 Å². The summed E-state index contributed by atoms with van der Waals surface area (Å²) in [5.41, 5.74) is 0.788. The summed E-state index contributed by atoms with van der Waals surface area (Å²) in [4.78, 5) is 2.60. The lowest BCUT2D eigenvalue weighted by Crippen LogP contribution is -1.78. The average molecular weight is 552 g/mol. The number of thioether (sulfide) groups is 10. The van der Waals surface area contributed by atoms with Gasteiger partial charge in [-0.15, -0.1) is 23.5 Å². The first-order valence-corrected chi connectivity index (χ1v) is 16.8. The molecule has 146 valence electrons. The van der Waals surface area contributed by atoms with Gasteiger partial charge in [0.25, 0.3) is 0 Å². The van der Waals surface area contributed by atoms with Gasteiger partial charge in [0.2, 0.25) is 0 Å². The van der Waals surface area contributed by atoms with Gasteiger partial charge < -0.3 is 0 Å². The molecule has 0 aromatic rings. The van der Waals surface area contributed by atoms with E-state index in [9.17, 15) is 5.26 Å². The molecule has 0 unspecified atom stereocenters. The molecule has 4 aliphatic rings. The third kappa shape index (κ3) is 4.76. The average Bonchev–Trinajstić information content (AvgIpc) is 3.42. The van der Waals surface area contributed by atoms with Gasteiger partial charge in [0.05, 0.1) is 39.5 Å². The van der Waals surface area contributed by atoms with Gasteiger partial charge in [-0.1, -0.05) is 94.1 Å². The minimum absolute atomic E-state index is 0.788. The Morgan fingerprint density at radius 1 is 0.750 bits per heavy atom. The second kappa shape index (κ2) is 9.92. The Balaban J connectivity index is 1.44. The number of rotatable bonds is 3. The van der Waals surface area contributed by atoms with Gasteiger partial charge in [0.15, 0.2) is 0 Å². The van der Waals surface area contributed by atoms with Crippen molar-refractivity contribution in [3.05, 3.63) is 55.4 Å². The molecule has 1 nitrogen and oxygen atoms in total. The summed E-state index contributed by atoms with van der Waals surface area (Å²) in [5.74, 6) is 0. The molecule has 0 aromatic carbocycles. The van der Waals surface area contributed by atoms with Crippen molar-refractivity contribution in [1.29, 1.82) is 5.26 Å². The van der Waals surface area contributed by atoms with Crippen molar-refractivity contribution in [2.75, 3.05) is 12.5 Å². The van der Waals surface area contributed by atoms with Crippen LogP contribution in [0.3, 0.4) is 0 Å². The molecule has 0 amide bonds. The first-order valence-electron chi connectivity index (χ1n) is 7.79. The Kier molecular flexibility index (Phi) is 8.02. The molecule has 0 spiro atoms. The van der Waals surface area contributed by atoms with Crippen LogP contribution in [0.4, 0.5) is 0 Å². The van der Waals surface area contributed by atoms with Gasteiger partial charge in [0.1, 0.15) is 6.07 Å². The molecule has 4 aliphatic heterocycles. The molecule has 0 aromatic heterocycles. The fraction of sp³-hybridized carbons (Fsp3) is 0.235. The Bertz CT molecular complexity index is 916. The molecule has 11 heteroatoms. The number of nitriles is 1. The summed E-state index contributed by atoms with van der Waals surface area (Å²) in [6.07, 6.45) is 6.38. The fourth-order valence-corrected chi connectivity index (χ4v) is 16.1. The van der Waals surface area contributed by atoms with E-state index in [2.05, 4.69) is 38.5 Å². The topological polar surface area (TPSA) is 23.8 Å². The van der Waals surface area contributed by atoms with Crippen LogP contribution < -0.4 is 0 Å². The summed E-state index contributed by atoms with van der Waals surface area (Å²) >= 11 is 18.4. The lowest BCUT2D eigenvalue weighted by atomic mass is 10.3. The third-order valence-electron chi connectivity index (χ3n) is 3.59. The maximum absolute atomic E-state index is 9.64. The molecule has 4 heterocycles. The van der Waals surface area contributed by atoms with Gasteiger partial charge in [-0.2, -0.15) is 5.26 Å². The molecule has 28 heavy (non-hydrogen) atoms. The van der Waals surface area contributed by atoms with Crippen molar-refractivity contribution in [2.45, 2.75) is 13.8 Å². The van der Waals surface area contributed by atoms with E-state index >= 15 is 0 Å². The standard InChI is InChI=1S/C17H13NS10/c1-7-8(2)22-11(21-7)9(6-18)5-10-23-14-15(24-10)28-17(27-14)16-25-12(19-3)13(20-4)26-16/h5H,1-4H3. The SMILES string of the molecule is CSC1=C(SC)SC(=C2SC3=C(SC(=CC(C#N)=C4SC(C)=C(C)S4)S3)S2)S1. The predicted molar refractivity (Wildman–Crippen MR) is 148 cm³/mol. The second-order valence-corrected chi connectivity index (χ2v) is 17.7. The molecule has 0 N–H and O–H groups in total. The van der Waals surface area contributed by atoms with E-state index in [0.717, 1.165) is 9.81 Å². The Hall–Kier alpha value is 1.43. The second-order valence-electron chi connectivity index (χ2n) is 5.34. The van der Waals surface area contributed by atoms with Crippen LogP contribution in [0.25, 0.3) is 0 Å². The summed E-state index contributed by atoms with van der Waals surface area (Å²) < 4.78 is 10.7. The van der Waals surface area contributed by atoms with Crippen LogP contribution in [0.15, 0.2) is 55.4 Å². The van der Waals surface area contributed by atoms with Crippen molar-refractivity contribution in [2.24, 2.45) is 0 Å². The van der Waals surface area contributed by atoms with Crippen LogP contribution in [-0.4, -0.2) is 12.5 Å². The lowest BCUT2D eigenvalue weighted by Gasteiger charge is -2.06. The van der Waals surface area contributed by atoms with Crippen molar-refractivity contribution in [3.8, 4) is 6.07 Å². The van der Waals surface area contributed by atoms with Gasteiger partial charge in [-0.3, -0.25) is 0 Å². The van der Waals surface area contributed by atoms with E-state index in [1.807, 2.05) is 94.1 Å². The zero-order valence-electron chi connectivity index (χ0n) is 15.1. The fourth-order valence-electron chi connectivity index (χ4n) is 2.16. The van der Waals surface area contributed by atoms with Crippen molar-refractivity contribution in [1.82, 2.24) is 0 Å². The number of allylic oxidation sites excluding steroid dienone is 4. The molecule has 0 bridgehead atoms. The van der Waals surface area contributed by atoms with Crippen LogP contribution in [0.1, 0.15) is 13.8 Å². The van der Waals surface area contributed by atoms with Crippen molar-refractivity contribution in [3.63, 3.8) is 0 Å². The Morgan fingerprint density at radius 2 is 1.21 bits per heavy atom. The lowest BCUT2D eigenvalue weighted by molar-refractivity contribution is 1.50. The van der Waals surface area contributed by atoms with Gasteiger partial charge in [-0.25, -0.2) is 0 Å². The molecule has 0 saturated heterocycles. The summed E-state index contributed by atoms with van der Waals surface area (Å²) in [7, 11) is 0. The highest BCUT2D eigenvalue weighted by atomic mass is 32.3. The van der Waals surface area contributed by atoms with Crippen LogP contribution in [0.5, 0.6) is 0 Å². The number of nitrogens with zero attached hydrogens (tertiary/aromatic N) is 1. The smallest absolute Gasteiger partial charge is 0.101 e. The van der Waals surface area contributed by atoms with Crippen LogP contribution >= 0.6 is 118 Å². The molecular formula is C17H13NS10. The van der Waals surface area contributed by atoms with Gasteiger partial charge in [0, 0.05) is 0 Å². The maximum Gasteiger partial charge on any atom is 0.101 e. The summed E-state index contributed by atoms with van der Waals surface area (Å²) in [5, 5.41) is 9.64. The van der Waals surface area contributed by atoms with Crippen molar-refractivity contribution >= 4 is 118 Å². The largest absolute Gasteiger partial charge is 0.192 e. The van der Waals surface area contributed by atoms with E-state index in [0.29, 0.717) is 0 Å². The molecule has 0 aliphatic carbocycles. The van der Waals surface area contributed by atoms with E-state index < -0.39 is 0 Å². The Labute approximate surface area is 208 Å². The van der Waals surface area contributed by atoms with Crippen LogP contribution in [0.2, 0.25) is 0 Å². The highest BCUT2D eigenvalue weighted by molar-refractivity contribution is 8.49. The zero-order chi connectivity index (χ0) is 19.8. The Morgan fingerprint density at radius 3 is 1.68 bits per heavy atom. The zero-order valence-corrected chi connectivity index (χ0v) is 23.3.